The van der Waals surface area contributed by atoms with Crippen LogP contribution in [0.3, 0.4) is 0 Å². The minimum Gasteiger partial charge on any atom is -0.308 e. The van der Waals surface area contributed by atoms with Gasteiger partial charge in [0.2, 0.25) is 0 Å². The van der Waals surface area contributed by atoms with E-state index in [1.807, 2.05) is 0 Å². The summed E-state index contributed by atoms with van der Waals surface area (Å²) >= 11 is 0. The Hall–Kier alpha value is -5.13. The Morgan fingerprint density at radius 1 is 0.432 bits per heavy atom. The van der Waals surface area contributed by atoms with Gasteiger partial charge in [0.15, 0.2) is 0 Å². The Morgan fingerprint density at radius 3 is 1.24 bits per heavy atom. The second-order valence-electron chi connectivity index (χ2n) is 9.70. The van der Waals surface area contributed by atoms with E-state index in [-0.39, 0.29) is 0 Å². The first-order chi connectivity index (χ1) is 18.3. The van der Waals surface area contributed by atoms with Crippen LogP contribution in [-0.4, -0.2) is 4.57 Å². The van der Waals surface area contributed by atoms with E-state index in [9.17, 15) is 5.26 Å². The molecule has 0 radical (unpaired) electrons. The highest BCUT2D eigenvalue weighted by Crippen LogP contribution is 2.42. The molecule has 1 heterocycles. The predicted octanol–water partition coefficient (Wildman–Crippen LogP) is 9.27. The van der Waals surface area contributed by atoms with Gasteiger partial charge in [-0.1, -0.05) is 84.9 Å². The molecule has 0 N–H and O–H groups in total. The monoisotopic (exact) mass is 468 g/mol. The van der Waals surface area contributed by atoms with Crippen LogP contribution >= 0.6 is 0 Å². The molecule has 0 spiro atoms. The zero-order valence-electron chi connectivity index (χ0n) is 19.9. The Labute approximate surface area is 213 Å². The van der Waals surface area contributed by atoms with Crippen molar-refractivity contribution >= 4 is 64.9 Å². The van der Waals surface area contributed by atoms with Gasteiger partial charge in [0, 0.05) is 32.3 Å². The van der Waals surface area contributed by atoms with E-state index in [0.717, 1.165) is 54.6 Å². The van der Waals surface area contributed by atoms with Crippen LogP contribution in [0, 0.1) is 11.3 Å². The van der Waals surface area contributed by atoms with Gasteiger partial charge in [0.1, 0.15) is 6.07 Å². The number of nitriles is 1. The Bertz CT molecular complexity index is 2110. The Morgan fingerprint density at radius 2 is 0.811 bits per heavy atom. The normalized spacial score (nSPS) is 11.8. The van der Waals surface area contributed by atoms with Crippen molar-refractivity contribution in [3.05, 3.63) is 127 Å². The highest BCUT2D eigenvalue weighted by molar-refractivity contribution is 6.20. The molecule has 0 amide bonds. The maximum atomic E-state index is 10.5. The molecule has 0 bridgehead atoms. The fourth-order valence-electron chi connectivity index (χ4n) is 6.10. The van der Waals surface area contributed by atoms with E-state index in [2.05, 4.69) is 132 Å². The number of rotatable bonds is 1. The number of hydrogen-bond donors (Lipinski definition) is 0. The second-order valence-corrected chi connectivity index (χ2v) is 9.70. The van der Waals surface area contributed by atoms with Crippen molar-refractivity contribution in [1.29, 1.82) is 5.26 Å². The van der Waals surface area contributed by atoms with E-state index < -0.39 is 0 Å². The predicted molar refractivity (Wildman–Crippen MR) is 156 cm³/mol. The number of para-hydroxylation sites is 2. The number of benzene rings is 7. The summed E-state index contributed by atoms with van der Waals surface area (Å²) in [4.78, 5) is 0. The first-order valence-electron chi connectivity index (χ1n) is 12.5. The van der Waals surface area contributed by atoms with E-state index in [0.29, 0.717) is 0 Å². The second kappa shape index (κ2) is 7.43. The molecule has 0 unspecified atom stereocenters. The van der Waals surface area contributed by atoms with Crippen LogP contribution in [0.1, 0.15) is 5.56 Å². The third-order valence-electron chi connectivity index (χ3n) is 7.74. The van der Waals surface area contributed by atoms with Crippen LogP contribution in [0.2, 0.25) is 0 Å². The topological polar surface area (TPSA) is 28.7 Å². The van der Waals surface area contributed by atoms with Gasteiger partial charge >= 0.3 is 0 Å². The molecule has 0 saturated heterocycles. The number of aromatic nitrogens is 1. The Balaban J connectivity index is 1.71. The molecule has 8 aromatic rings. The van der Waals surface area contributed by atoms with Crippen molar-refractivity contribution in [3.8, 4) is 11.8 Å². The molecular formula is C35H20N2. The molecule has 2 nitrogen and oxygen atoms in total. The van der Waals surface area contributed by atoms with Crippen LogP contribution < -0.4 is 0 Å². The van der Waals surface area contributed by atoms with E-state index in [1.54, 1.807) is 0 Å². The van der Waals surface area contributed by atoms with Crippen molar-refractivity contribution < 1.29 is 0 Å². The lowest BCUT2D eigenvalue weighted by Gasteiger charge is -2.18. The number of fused-ring (bicyclic) bond motifs is 7. The summed E-state index contributed by atoms with van der Waals surface area (Å²) in [6.45, 7) is 0. The van der Waals surface area contributed by atoms with Gasteiger partial charge in [-0.05, 0) is 57.9 Å². The summed E-state index contributed by atoms with van der Waals surface area (Å²) in [7, 11) is 0. The molecule has 0 fully saturated rings. The molecule has 0 saturated carbocycles. The zero-order valence-corrected chi connectivity index (χ0v) is 19.9. The maximum absolute atomic E-state index is 10.5. The molecule has 0 aliphatic heterocycles. The molecule has 170 valence electrons. The molecule has 7 aromatic carbocycles. The summed E-state index contributed by atoms with van der Waals surface area (Å²) in [5.74, 6) is 0. The van der Waals surface area contributed by atoms with Crippen molar-refractivity contribution in [2.24, 2.45) is 0 Å². The molecule has 0 aliphatic carbocycles. The van der Waals surface area contributed by atoms with Gasteiger partial charge in [-0.2, -0.15) is 5.26 Å². The SMILES string of the molecule is N#Cc1c2cc3ccccc3cc2c(-n2c3ccccc3c3ccccc32)c2cc3ccccc3cc12. The molecule has 2 heteroatoms. The lowest BCUT2D eigenvalue weighted by molar-refractivity contribution is 1.21. The van der Waals surface area contributed by atoms with Gasteiger partial charge in [-0.15, -0.1) is 0 Å². The van der Waals surface area contributed by atoms with Crippen molar-refractivity contribution in [2.45, 2.75) is 0 Å². The standard InChI is InChI=1S/C35H20N2/c36-21-32-28-17-22-9-1-3-11-24(22)19-30(28)35(31-20-25-12-4-2-10-23(25)18-29(31)32)37-33-15-7-5-13-26(33)27-14-6-8-16-34(27)37/h1-20H. The smallest absolute Gasteiger partial charge is 0.100 e. The number of hydrogen-bond acceptors (Lipinski definition) is 1. The summed E-state index contributed by atoms with van der Waals surface area (Å²) in [6, 6.07) is 45.5. The van der Waals surface area contributed by atoms with Crippen molar-refractivity contribution in [2.75, 3.05) is 0 Å². The van der Waals surface area contributed by atoms with Gasteiger partial charge in [-0.3, -0.25) is 0 Å². The molecule has 1 aromatic heterocycles. The zero-order chi connectivity index (χ0) is 24.5. The van der Waals surface area contributed by atoms with E-state index in [4.69, 9.17) is 0 Å². The maximum Gasteiger partial charge on any atom is 0.100 e. The minimum absolute atomic E-state index is 0.728. The first kappa shape index (κ1) is 20.1. The van der Waals surface area contributed by atoms with E-state index in [1.165, 1.54) is 21.5 Å². The van der Waals surface area contributed by atoms with Crippen LogP contribution in [0.4, 0.5) is 0 Å². The van der Waals surface area contributed by atoms with Crippen LogP contribution in [0.25, 0.3) is 70.6 Å². The summed E-state index contributed by atoms with van der Waals surface area (Å²) in [5, 5.41) is 21.7. The summed E-state index contributed by atoms with van der Waals surface area (Å²) in [6.07, 6.45) is 0. The molecule has 37 heavy (non-hydrogen) atoms. The van der Waals surface area contributed by atoms with Gasteiger partial charge in [0.05, 0.1) is 22.3 Å². The fourth-order valence-corrected chi connectivity index (χ4v) is 6.10. The van der Waals surface area contributed by atoms with Crippen LogP contribution in [0.15, 0.2) is 121 Å². The largest absolute Gasteiger partial charge is 0.308 e. The molecular weight excluding hydrogens is 448 g/mol. The average Bonchev–Trinajstić information content (AvgIpc) is 3.28. The Kier molecular flexibility index (Phi) is 4.04. The fraction of sp³-hybridized carbons (Fsp3) is 0. The number of nitrogens with zero attached hydrogens (tertiary/aromatic N) is 2. The van der Waals surface area contributed by atoms with Crippen molar-refractivity contribution in [3.63, 3.8) is 0 Å². The first-order valence-corrected chi connectivity index (χ1v) is 12.5. The van der Waals surface area contributed by atoms with E-state index >= 15 is 0 Å². The summed E-state index contributed by atoms with van der Waals surface area (Å²) < 4.78 is 2.40. The molecule has 8 rings (SSSR count). The average molecular weight is 469 g/mol. The minimum atomic E-state index is 0.728. The quantitative estimate of drug-likeness (QED) is 0.221. The van der Waals surface area contributed by atoms with Crippen LogP contribution in [0.5, 0.6) is 0 Å². The van der Waals surface area contributed by atoms with Crippen LogP contribution in [-0.2, 0) is 0 Å². The van der Waals surface area contributed by atoms with Gasteiger partial charge in [0.25, 0.3) is 0 Å². The third-order valence-corrected chi connectivity index (χ3v) is 7.74. The molecule has 0 aliphatic rings. The molecule has 0 atom stereocenters. The lowest BCUT2D eigenvalue weighted by Crippen LogP contribution is -1.99. The van der Waals surface area contributed by atoms with Gasteiger partial charge in [-0.25, -0.2) is 0 Å². The highest BCUT2D eigenvalue weighted by Gasteiger charge is 2.20. The summed E-state index contributed by atoms with van der Waals surface area (Å²) in [5.41, 5.74) is 4.18. The third kappa shape index (κ3) is 2.74. The van der Waals surface area contributed by atoms with Gasteiger partial charge < -0.3 is 4.57 Å². The lowest BCUT2D eigenvalue weighted by atomic mass is 9.91. The van der Waals surface area contributed by atoms with Crippen molar-refractivity contribution in [1.82, 2.24) is 4.57 Å². The highest BCUT2D eigenvalue weighted by atomic mass is 15.0.